The highest BCUT2D eigenvalue weighted by molar-refractivity contribution is 5.88. The van der Waals surface area contributed by atoms with Gasteiger partial charge in [0.25, 0.3) is 0 Å². The van der Waals surface area contributed by atoms with E-state index in [1.54, 1.807) is 20.8 Å². The van der Waals surface area contributed by atoms with E-state index in [9.17, 15) is 9.59 Å². The number of carbonyl (C=O) groups is 2. The molecule has 0 spiro atoms. The molecule has 0 aromatic carbocycles. The van der Waals surface area contributed by atoms with Gasteiger partial charge in [0.05, 0.1) is 5.60 Å². The predicted molar refractivity (Wildman–Crippen MR) is 43.4 cm³/mol. The molecule has 0 aromatic heterocycles. The Morgan fingerprint density at radius 3 is 1.38 bits per heavy atom. The molecule has 0 fully saturated rings. The van der Waals surface area contributed by atoms with Crippen molar-refractivity contribution in [3.63, 3.8) is 0 Å². The van der Waals surface area contributed by atoms with Crippen LogP contribution in [0.4, 0.5) is 0 Å². The van der Waals surface area contributed by atoms with Gasteiger partial charge in [-0.15, -0.1) is 0 Å². The predicted octanol–water partition coefficient (Wildman–Crippen LogP) is 0.820. The number of carboxylic acid groups (broad SMARTS) is 2. The molecule has 3 N–H and O–H groups in total. The zero-order valence-electron chi connectivity index (χ0n) is 7.77. The van der Waals surface area contributed by atoms with Crippen LogP contribution in [0.15, 0.2) is 0 Å². The summed E-state index contributed by atoms with van der Waals surface area (Å²) in [6.45, 7) is 5.31. The standard InChI is InChI=1S/C4H10O2.C3H4O4/c1-4(2,3)6-5;4-2(5)1-3(6)7/h5H,1-3H3;1H2,(H,4,5)(H,6,7). The monoisotopic (exact) mass is 194 g/mol. The molecule has 6 nitrogen and oxygen atoms in total. The largest absolute Gasteiger partial charge is 0.481 e. The topological polar surface area (TPSA) is 104 Å². The van der Waals surface area contributed by atoms with Crippen LogP contribution in [0.2, 0.25) is 0 Å². The summed E-state index contributed by atoms with van der Waals surface area (Å²) in [5.74, 6) is -2.62. The first kappa shape index (κ1) is 14.4. The smallest absolute Gasteiger partial charge is 0.314 e. The molecule has 0 aromatic rings. The molecule has 0 rings (SSSR count). The van der Waals surface area contributed by atoms with Crippen molar-refractivity contribution in [2.75, 3.05) is 0 Å². The van der Waals surface area contributed by atoms with Gasteiger partial charge in [-0.25, -0.2) is 4.89 Å². The van der Waals surface area contributed by atoms with Crippen molar-refractivity contribution in [1.29, 1.82) is 0 Å². The Morgan fingerprint density at radius 2 is 1.38 bits per heavy atom. The first-order valence-electron chi connectivity index (χ1n) is 3.45. The number of aliphatic carboxylic acids is 2. The van der Waals surface area contributed by atoms with Crippen molar-refractivity contribution in [2.24, 2.45) is 0 Å². The third-order valence-corrected chi connectivity index (χ3v) is 0.576. The van der Waals surface area contributed by atoms with Crippen LogP contribution in [0.5, 0.6) is 0 Å². The Balaban J connectivity index is 0. The Hall–Kier alpha value is -1.14. The van der Waals surface area contributed by atoms with Gasteiger partial charge >= 0.3 is 11.9 Å². The fourth-order valence-electron chi connectivity index (χ4n) is 0.129. The average Bonchev–Trinajstić information content (AvgIpc) is 1.84. The highest BCUT2D eigenvalue weighted by Crippen LogP contribution is 2.01. The maximum atomic E-state index is 9.43. The minimum absolute atomic E-state index is 0.403. The van der Waals surface area contributed by atoms with Gasteiger partial charge in [0, 0.05) is 0 Å². The van der Waals surface area contributed by atoms with Crippen molar-refractivity contribution in [3.05, 3.63) is 0 Å². The van der Waals surface area contributed by atoms with Gasteiger partial charge in [0.2, 0.25) is 0 Å². The Bertz CT molecular complexity index is 156. The van der Waals surface area contributed by atoms with E-state index < -0.39 is 24.0 Å². The molecule has 0 radical (unpaired) electrons. The van der Waals surface area contributed by atoms with Crippen molar-refractivity contribution in [1.82, 2.24) is 0 Å². The minimum Gasteiger partial charge on any atom is -0.481 e. The van der Waals surface area contributed by atoms with Gasteiger partial charge in [-0.1, -0.05) is 0 Å². The second-order valence-electron chi connectivity index (χ2n) is 3.17. The molecule has 0 aliphatic rings. The van der Waals surface area contributed by atoms with E-state index in [1.165, 1.54) is 0 Å². The molecule has 78 valence electrons. The molecule has 0 aliphatic heterocycles. The number of rotatable bonds is 2. The molecule has 0 heterocycles. The zero-order chi connectivity index (χ0) is 11.1. The van der Waals surface area contributed by atoms with Crippen LogP contribution in [0.1, 0.15) is 27.2 Å². The quantitative estimate of drug-likeness (QED) is 0.341. The second-order valence-corrected chi connectivity index (χ2v) is 3.17. The molecular weight excluding hydrogens is 180 g/mol. The fourth-order valence-corrected chi connectivity index (χ4v) is 0.129. The van der Waals surface area contributed by atoms with Crippen molar-refractivity contribution in [2.45, 2.75) is 32.8 Å². The molecule has 0 aliphatic carbocycles. The van der Waals surface area contributed by atoms with Crippen LogP contribution >= 0.6 is 0 Å². The maximum Gasteiger partial charge on any atom is 0.314 e. The lowest BCUT2D eigenvalue weighted by Gasteiger charge is -2.10. The Labute approximate surface area is 75.7 Å². The van der Waals surface area contributed by atoms with Crippen LogP contribution in [0, 0.1) is 0 Å². The summed E-state index contributed by atoms with van der Waals surface area (Å²) in [5.41, 5.74) is -0.403. The first-order valence-corrected chi connectivity index (χ1v) is 3.45. The molecule has 6 heteroatoms. The number of hydrogen-bond donors (Lipinski definition) is 3. The van der Waals surface area contributed by atoms with Gasteiger partial charge in [-0.3, -0.25) is 14.8 Å². The van der Waals surface area contributed by atoms with E-state index in [0.29, 0.717) is 0 Å². The van der Waals surface area contributed by atoms with Crippen molar-refractivity contribution in [3.8, 4) is 0 Å². The summed E-state index contributed by atoms with van der Waals surface area (Å²) >= 11 is 0. The summed E-state index contributed by atoms with van der Waals surface area (Å²) in [6.07, 6.45) is -0.806. The first-order chi connectivity index (χ1) is 5.69. The third kappa shape index (κ3) is 24.8. The molecular formula is C7H14O6. The van der Waals surface area contributed by atoms with Gasteiger partial charge < -0.3 is 10.2 Å². The van der Waals surface area contributed by atoms with Gasteiger partial charge in [0.15, 0.2) is 0 Å². The number of carboxylic acids is 2. The average molecular weight is 194 g/mol. The summed E-state index contributed by atoms with van der Waals surface area (Å²) in [4.78, 5) is 22.8. The number of hydrogen-bond acceptors (Lipinski definition) is 4. The lowest BCUT2D eigenvalue weighted by Crippen LogP contribution is -2.15. The summed E-state index contributed by atoms with van der Waals surface area (Å²) in [6, 6.07) is 0. The van der Waals surface area contributed by atoms with E-state index in [0.717, 1.165) is 0 Å². The summed E-state index contributed by atoms with van der Waals surface area (Å²) in [5, 5.41) is 23.3. The van der Waals surface area contributed by atoms with Crippen LogP contribution in [0.3, 0.4) is 0 Å². The van der Waals surface area contributed by atoms with Crippen molar-refractivity contribution < 1.29 is 29.9 Å². The van der Waals surface area contributed by atoms with Gasteiger partial charge in [-0.2, -0.15) is 0 Å². The van der Waals surface area contributed by atoms with Crippen molar-refractivity contribution >= 4 is 11.9 Å². The summed E-state index contributed by atoms with van der Waals surface area (Å²) in [7, 11) is 0. The van der Waals surface area contributed by atoms with E-state index in [2.05, 4.69) is 4.89 Å². The minimum atomic E-state index is -1.31. The zero-order valence-corrected chi connectivity index (χ0v) is 7.77. The van der Waals surface area contributed by atoms with E-state index in [-0.39, 0.29) is 0 Å². The molecule has 0 bridgehead atoms. The Kier molecular flexibility index (Phi) is 7.07. The second kappa shape index (κ2) is 6.38. The van der Waals surface area contributed by atoms with Crippen LogP contribution in [-0.4, -0.2) is 33.0 Å². The van der Waals surface area contributed by atoms with E-state index in [4.69, 9.17) is 15.5 Å². The van der Waals surface area contributed by atoms with Gasteiger partial charge in [0.1, 0.15) is 6.42 Å². The van der Waals surface area contributed by atoms with E-state index >= 15 is 0 Å². The lowest BCUT2D eigenvalue weighted by molar-refractivity contribution is -0.306. The SMILES string of the molecule is CC(C)(C)OO.O=C(O)CC(=O)O. The van der Waals surface area contributed by atoms with Crippen LogP contribution < -0.4 is 0 Å². The van der Waals surface area contributed by atoms with Crippen LogP contribution in [-0.2, 0) is 14.5 Å². The van der Waals surface area contributed by atoms with Gasteiger partial charge in [-0.05, 0) is 20.8 Å². The molecule has 0 saturated carbocycles. The highest BCUT2D eigenvalue weighted by atomic mass is 17.1. The maximum absolute atomic E-state index is 9.43. The summed E-state index contributed by atoms with van der Waals surface area (Å²) < 4.78 is 0. The Morgan fingerprint density at radius 1 is 1.15 bits per heavy atom. The normalized spacial score (nSPS) is 9.85. The highest BCUT2D eigenvalue weighted by Gasteiger charge is 2.07. The molecule has 0 atom stereocenters. The lowest BCUT2D eigenvalue weighted by atomic mass is 10.2. The third-order valence-electron chi connectivity index (χ3n) is 0.576. The van der Waals surface area contributed by atoms with E-state index in [1.807, 2.05) is 0 Å². The molecule has 0 saturated heterocycles. The molecule has 0 amide bonds. The molecule has 13 heavy (non-hydrogen) atoms. The van der Waals surface area contributed by atoms with Crippen LogP contribution in [0.25, 0.3) is 0 Å². The fraction of sp³-hybridized carbons (Fsp3) is 0.714. The molecule has 0 unspecified atom stereocenters.